The minimum atomic E-state index is -0.174. The second kappa shape index (κ2) is 10.3. The maximum Gasteiger partial charge on any atom is 0.191 e. The Labute approximate surface area is 174 Å². The molecule has 0 aromatic heterocycles. The molecule has 2 aliphatic rings. The van der Waals surface area contributed by atoms with Gasteiger partial charge < -0.3 is 25.2 Å². The molecule has 1 aromatic carbocycles. The summed E-state index contributed by atoms with van der Waals surface area (Å²) in [7, 11) is 4.28. The smallest absolute Gasteiger partial charge is 0.191 e. The van der Waals surface area contributed by atoms with Gasteiger partial charge in [0.25, 0.3) is 0 Å². The number of aliphatic imine (C=N–C) groups is 1. The third-order valence-corrected chi connectivity index (χ3v) is 6.26. The van der Waals surface area contributed by atoms with Crippen LogP contribution in [0.25, 0.3) is 0 Å². The Kier molecular flexibility index (Phi) is 7.72. The number of halogens is 1. The molecule has 3 rings (SSSR count). The van der Waals surface area contributed by atoms with E-state index in [9.17, 15) is 4.39 Å². The Bertz CT molecular complexity index is 667. The van der Waals surface area contributed by atoms with Gasteiger partial charge in [-0.25, -0.2) is 4.39 Å². The Morgan fingerprint density at radius 3 is 2.62 bits per heavy atom. The first kappa shape index (κ1) is 21.8. The third-order valence-electron chi connectivity index (χ3n) is 6.26. The molecule has 2 N–H and O–H groups in total. The van der Waals surface area contributed by atoms with Crippen molar-refractivity contribution in [2.75, 3.05) is 58.4 Å². The van der Waals surface area contributed by atoms with E-state index in [-0.39, 0.29) is 11.4 Å². The van der Waals surface area contributed by atoms with Crippen LogP contribution in [0.5, 0.6) is 0 Å². The number of nitrogens with zero attached hydrogens (tertiary/aromatic N) is 3. The van der Waals surface area contributed by atoms with Gasteiger partial charge >= 0.3 is 0 Å². The fourth-order valence-electron chi connectivity index (χ4n) is 4.19. The SMILES string of the molecule is CCNC(=NCC1(N(C)C)CCOCC1)NC1CCN(c2cccc(F)c2)CC1. The number of anilines is 1. The van der Waals surface area contributed by atoms with Crippen LogP contribution in [0.3, 0.4) is 0 Å². The highest BCUT2D eigenvalue weighted by Gasteiger charge is 2.34. The second-order valence-electron chi connectivity index (χ2n) is 8.31. The van der Waals surface area contributed by atoms with Crippen LogP contribution in [-0.2, 0) is 4.74 Å². The Morgan fingerprint density at radius 2 is 2.00 bits per heavy atom. The van der Waals surface area contributed by atoms with E-state index in [0.29, 0.717) is 6.04 Å². The van der Waals surface area contributed by atoms with E-state index < -0.39 is 0 Å². The van der Waals surface area contributed by atoms with Crippen molar-refractivity contribution in [3.05, 3.63) is 30.1 Å². The van der Waals surface area contributed by atoms with Crippen molar-refractivity contribution >= 4 is 11.6 Å². The van der Waals surface area contributed by atoms with Crippen LogP contribution in [-0.4, -0.2) is 75.9 Å². The molecule has 6 nitrogen and oxygen atoms in total. The summed E-state index contributed by atoms with van der Waals surface area (Å²) in [4.78, 5) is 9.51. The third kappa shape index (κ3) is 5.82. The van der Waals surface area contributed by atoms with Crippen LogP contribution in [0.2, 0.25) is 0 Å². The molecular formula is C22H36FN5O. The van der Waals surface area contributed by atoms with Gasteiger partial charge in [-0.3, -0.25) is 4.99 Å². The first-order valence-electron chi connectivity index (χ1n) is 10.8. The number of ether oxygens (including phenoxy) is 1. The summed E-state index contributed by atoms with van der Waals surface area (Å²) in [6, 6.07) is 7.25. The monoisotopic (exact) mass is 405 g/mol. The van der Waals surface area contributed by atoms with E-state index in [1.54, 1.807) is 12.1 Å². The van der Waals surface area contributed by atoms with Crippen LogP contribution >= 0.6 is 0 Å². The molecule has 0 amide bonds. The van der Waals surface area contributed by atoms with Gasteiger partial charge in [-0.05, 0) is 64.9 Å². The quantitative estimate of drug-likeness (QED) is 0.563. The Hall–Kier alpha value is -1.86. The molecule has 0 spiro atoms. The lowest BCUT2D eigenvalue weighted by molar-refractivity contribution is -0.00255. The summed E-state index contributed by atoms with van der Waals surface area (Å²) in [5, 5.41) is 7.03. The second-order valence-corrected chi connectivity index (χ2v) is 8.31. The maximum absolute atomic E-state index is 13.5. The van der Waals surface area contributed by atoms with Gasteiger partial charge in [0.1, 0.15) is 5.82 Å². The summed E-state index contributed by atoms with van der Waals surface area (Å²) < 4.78 is 19.1. The molecule has 0 radical (unpaired) electrons. The van der Waals surface area contributed by atoms with Crippen molar-refractivity contribution in [1.29, 1.82) is 0 Å². The Balaban J connectivity index is 1.57. The van der Waals surface area contributed by atoms with Crippen LogP contribution in [0.4, 0.5) is 10.1 Å². The summed E-state index contributed by atoms with van der Waals surface area (Å²) in [6.07, 6.45) is 4.03. The maximum atomic E-state index is 13.5. The topological polar surface area (TPSA) is 52.1 Å². The minimum absolute atomic E-state index is 0.0708. The molecule has 0 unspecified atom stereocenters. The number of nitrogens with one attached hydrogen (secondary N) is 2. The zero-order valence-electron chi connectivity index (χ0n) is 18.1. The molecule has 0 atom stereocenters. The molecule has 0 bridgehead atoms. The normalized spacial score (nSPS) is 20.7. The van der Waals surface area contributed by atoms with Crippen molar-refractivity contribution in [3.8, 4) is 0 Å². The molecule has 7 heteroatoms. The van der Waals surface area contributed by atoms with Crippen LogP contribution in [0, 0.1) is 5.82 Å². The van der Waals surface area contributed by atoms with Gasteiger partial charge in [0.05, 0.1) is 6.54 Å². The van der Waals surface area contributed by atoms with E-state index in [2.05, 4.69) is 41.5 Å². The van der Waals surface area contributed by atoms with Gasteiger partial charge in [0, 0.05) is 50.1 Å². The van der Waals surface area contributed by atoms with E-state index in [4.69, 9.17) is 9.73 Å². The summed E-state index contributed by atoms with van der Waals surface area (Å²) in [5.74, 6) is 0.719. The van der Waals surface area contributed by atoms with E-state index in [0.717, 1.165) is 76.7 Å². The van der Waals surface area contributed by atoms with Gasteiger partial charge in [-0.2, -0.15) is 0 Å². The number of piperidine rings is 1. The van der Waals surface area contributed by atoms with E-state index in [1.165, 1.54) is 6.07 Å². The average molecular weight is 406 g/mol. The number of rotatable bonds is 6. The zero-order chi connectivity index (χ0) is 20.7. The molecule has 162 valence electrons. The van der Waals surface area contributed by atoms with Crippen molar-refractivity contribution in [3.63, 3.8) is 0 Å². The molecule has 2 saturated heterocycles. The predicted molar refractivity (Wildman–Crippen MR) is 117 cm³/mol. The molecular weight excluding hydrogens is 369 g/mol. The van der Waals surface area contributed by atoms with Gasteiger partial charge in [-0.15, -0.1) is 0 Å². The first-order chi connectivity index (χ1) is 14.0. The molecule has 1 aromatic rings. The minimum Gasteiger partial charge on any atom is -0.381 e. The van der Waals surface area contributed by atoms with Crippen molar-refractivity contribution in [2.24, 2.45) is 4.99 Å². The van der Waals surface area contributed by atoms with Crippen molar-refractivity contribution < 1.29 is 9.13 Å². The molecule has 29 heavy (non-hydrogen) atoms. The highest BCUT2D eigenvalue weighted by Crippen LogP contribution is 2.26. The van der Waals surface area contributed by atoms with Gasteiger partial charge in [-0.1, -0.05) is 6.07 Å². The first-order valence-corrected chi connectivity index (χ1v) is 10.8. The average Bonchev–Trinajstić information content (AvgIpc) is 2.73. The fraction of sp³-hybridized carbons (Fsp3) is 0.682. The molecule has 0 saturated carbocycles. The Morgan fingerprint density at radius 1 is 1.28 bits per heavy atom. The van der Waals surface area contributed by atoms with Crippen molar-refractivity contribution in [2.45, 2.75) is 44.2 Å². The number of hydrogen-bond donors (Lipinski definition) is 2. The van der Waals surface area contributed by atoms with E-state index in [1.807, 2.05) is 6.07 Å². The molecule has 2 aliphatic heterocycles. The lowest BCUT2D eigenvalue weighted by Gasteiger charge is -2.42. The number of hydrogen-bond acceptors (Lipinski definition) is 4. The highest BCUT2D eigenvalue weighted by atomic mass is 19.1. The van der Waals surface area contributed by atoms with Crippen LogP contribution in [0.1, 0.15) is 32.6 Å². The summed E-state index contributed by atoms with van der Waals surface area (Å²) in [6.45, 7) is 7.14. The van der Waals surface area contributed by atoms with Crippen LogP contribution < -0.4 is 15.5 Å². The number of likely N-dealkylation sites (N-methyl/N-ethyl adjacent to an activating group) is 1. The van der Waals surface area contributed by atoms with Gasteiger partial charge in [0.15, 0.2) is 5.96 Å². The zero-order valence-corrected chi connectivity index (χ0v) is 18.1. The standard InChI is InChI=1S/C22H36FN5O/c1-4-24-21(25-17-22(27(2)3)10-14-29-15-11-22)26-19-8-12-28(13-9-19)20-7-5-6-18(23)16-20/h5-7,16,19H,4,8-15,17H2,1-3H3,(H2,24,25,26). The lowest BCUT2D eigenvalue weighted by atomic mass is 9.89. The number of benzene rings is 1. The largest absolute Gasteiger partial charge is 0.381 e. The number of guanidine groups is 1. The fourth-order valence-corrected chi connectivity index (χ4v) is 4.19. The van der Waals surface area contributed by atoms with Crippen LogP contribution in [0.15, 0.2) is 29.3 Å². The molecule has 2 fully saturated rings. The van der Waals surface area contributed by atoms with Crippen molar-refractivity contribution in [1.82, 2.24) is 15.5 Å². The molecule has 0 aliphatic carbocycles. The summed E-state index contributed by atoms with van der Waals surface area (Å²) >= 11 is 0. The summed E-state index contributed by atoms with van der Waals surface area (Å²) in [5.41, 5.74) is 1.04. The highest BCUT2D eigenvalue weighted by molar-refractivity contribution is 5.80. The predicted octanol–water partition coefficient (Wildman–Crippen LogP) is 2.46. The molecule has 2 heterocycles. The lowest BCUT2D eigenvalue weighted by Crippen LogP contribution is -2.53. The van der Waals surface area contributed by atoms with E-state index >= 15 is 0 Å². The van der Waals surface area contributed by atoms with Gasteiger partial charge in [0.2, 0.25) is 0 Å².